The number of carbonyl (C=O) groups excluding carboxylic acids is 2. The zero-order valence-corrected chi connectivity index (χ0v) is 21.2. The third-order valence-corrected chi connectivity index (χ3v) is 6.29. The van der Waals surface area contributed by atoms with Gasteiger partial charge in [0.25, 0.3) is 11.7 Å². The Labute approximate surface area is 203 Å². The van der Waals surface area contributed by atoms with E-state index in [0.717, 1.165) is 11.1 Å². The second-order valence-electron chi connectivity index (χ2n) is 8.58. The summed E-state index contributed by atoms with van der Waals surface area (Å²) in [6, 6.07) is 12.1. The van der Waals surface area contributed by atoms with E-state index < -0.39 is 17.7 Å². The summed E-state index contributed by atoms with van der Waals surface area (Å²) < 4.78 is 11.5. The van der Waals surface area contributed by atoms with Crippen LogP contribution >= 0.6 is 15.9 Å². The number of halogens is 1. The van der Waals surface area contributed by atoms with Crippen LogP contribution in [0.1, 0.15) is 56.3 Å². The SMILES string of the molecule is COc1ccc(/C(O)=C2/C(=O)C(=O)N(CCOC(C)C)C2c2ccc(C(C)C)cc2)cc1Br. The van der Waals surface area contributed by atoms with E-state index in [2.05, 4.69) is 29.8 Å². The molecule has 2 aromatic carbocycles. The molecule has 1 unspecified atom stereocenters. The number of aliphatic hydroxyl groups is 1. The fourth-order valence-corrected chi connectivity index (χ4v) is 4.42. The van der Waals surface area contributed by atoms with Crippen molar-refractivity contribution in [3.63, 3.8) is 0 Å². The first-order valence-electron chi connectivity index (χ1n) is 11.0. The second-order valence-corrected chi connectivity index (χ2v) is 9.44. The average Bonchev–Trinajstić information content (AvgIpc) is 3.03. The van der Waals surface area contributed by atoms with Crippen LogP contribution in [0.15, 0.2) is 52.5 Å². The van der Waals surface area contributed by atoms with E-state index in [1.165, 1.54) is 4.90 Å². The predicted octanol–water partition coefficient (Wildman–Crippen LogP) is 5.43. The number of benzene rings is 2. The van der Waals surface area contributed by atoms with E-state index in [9.17, 15) is 14.7 Å². The Balaban J connectivity index is 2.10. The molecule has 1 heterocycles. The summed E-state index contributed by atoms with van der Waals surface area (Å²) in [5.74, 6) is -0.626. The largest absolute Gasteiger partial charge is 0.507 e. The van der Waals surface area contributed by atoms with Gasteiger partial charge in [0.1, 0.15) is 11.5 Å². The number of likely N-dealkylation sites (tertiary alicyclic amines) is 1. The molecule has 0 spiro atoms. The third kappa shape index (κ3) is 5.31. The number of Topliss-reactive ketones (excluding diaryl/α,β-unsaturated/α-hetero) is 1. The lowest BCUT2D eigenvalue weighted by Gasteiger charge is -2.26. The van der Waals surface area contributed by atoms with Crippen molar-refractivity contribution in [1.82, 2.24) is 4.90 Å². The predicted molar refractivity (Wildman–Crippen MR) is 131 cm³/mol. The van der Waals surface area contributed by atoms with Crippen molar-refractivity contribution in [1.29, 1.82) is 0 Å². The lowest BCUT2D eigenvalue weighted by molar-refractivity contribution is -0.140. The smallest absolute Gasteiger partial charge is 0.295 e. The molecule has 0 saturated carbocycles. The summed E-state index contributed by atoms with van der Waals surface area (Å²) in [5.41, 5.74) is 2.40. The number of ketones is 1. The van der Waals surface area contributed by atoms with E-state index in [1.807, 2.05) is 38.1 Å². The van der Waals surface area contributed by atoms with Gasteiger partial charge in [-0.3, -0.25) is 9.59 Å². The molecule has 1 atom stereocenters. The van der Waals surface area contributed by atoms with Crippen LogP contribution < -0.4 is 4.74 Å². The Bertz CT molecular complexity index is 1060. The van der Waals surface area contributed by atoms with Crippen LogP contribution in [0, 0.1) is 0 Å². The Morgan fingerprint density at radius 2 is 1.76 bits per heavy atom. The van der Waals surface area contributed by atoms with Gasteiger partial charge in [-0.15, -0.1) is 0 Å². The van der Waals surface area contributed by atoms with Crippen LogP contribution in [0.2, 0.25) is 0 Å². The minimum Gasteiger partial charge on any atom is -0.507 e. The highest BCUT2D eigenvalue weighted by Gasteiger charge is 2.46. The number of aliphatic hydroxyl groups excluding tert-OH is 1. The number of rotatable bonds is 8. The number of carbonyl (C=O) groups is 2. The quantitative estimate of drug-likeness (QED) is 0.288. The van der Waals surface area contributed by atoms with Gasteiger partial charge >= 0.3 is 0 Å². The molecule has 0 aliphatic carbocycles. The minimum atomic E-state index is -0.707. The molecule has 1 N–H and O–H groups in total. The summed E-state index contributed by atoms with van der Waals surface area (Å²) >= 11 is 3.41. The Hall–Kier alpha value is -2.64. The van der Waals surface area contributed by atoms with Crippen LogP contribution in [-0.4, -0.2) is 48.1 Å². The van der Waals surface area contributed by atoms with E-state index in [4.69, 9.17) is 9.47 Å². The Kier molecular flexibility index (Phi) is 7.97. The number of ether oxygens (including phenoxy) is 2. The maximum atomic E-state index is 13.1. The van der Waals surface area contributed by atoms with Crippen molar-refractivity contribution in [2.45, 2.75) is 45.8 Å². The minimum absolute atomic E-state index is 0.00208. The lowest BCUT2D eigenvalue weighted by atomic mass is 9.93. The summed E-state index contributed by atoms with van der Waals surface area (Å²) in [6.07, 6.45) is 0.00208. The average molecular weight is 516 g/mol. The molecule has 1 fully saturated rings. The van der Waals surface area contributed by atoms with Gasteiger partial charge in [-0.05, 0) is 65.0 Å². The van der Waals surface area contributed by atoms with Crippen molar-refractivity contribution < 1.29 is 24.2 Å². The maximum Gasteiger partial charge on any atom is 0.295 e. The monoisotopic (exact) mass is 515 g/mol. The third-order valence-electron chi connectivity index (χ3n) is 5.67. The molecular formula is C26H30BrNO5. The van der Waals surface area contributed by atoms with Crippen molar-refractivity contribution in [2.75, 3.05) is 20.3 Å². The summed E-state index contributed by atoms with van der Waals surface area (Å²) in [7, 11) is 1.55. The highest BCUT2D eigenvalue weighted by Crippen LogP contribution is 2.40. The molecule has 0 bridgehead atoms. The van der Waals surface area contributed by atoms with Gasteiger partial charge < -0.3 is 19.5 Å². The molecule has 0 aromatic heterocycles. The van der Waals surface area contributed by atoms with E-state index in [0.29, 0.717) is 28.3 Å². The molecule has 1 amide bonds. The van der Waals surface area contributed by atoms with E-state index in [1.54, 1.807) is 25.3 Å². The topological polar surface area (TPSA) is 76.1 Å². The molecule has 6 nitrogen and oxygen atoms in total. The summed E-state index contributed by atoms with van der Waals surface area (Å²) in [4.78, 5) is 27.6. The van der Waals surface area contributed by atoms with Crippen molar-refractivity contribution in [2.24, 2.45) is 0 Å². The first-order valence-corrected chi connectivity index (χ1v) is 11.8. The molecule has 1 saturated heterocycles. The second kappa shape index (κ2) is 10.5. The zero-order chi connectivity index (χ0) is 24.3. The molecule has 7 heteroatoms. The van der Waals surface area contributed by atoms with Crippen LogP contribution in [-0.2, 0) is 14.3 Å². The van der Waals surface area contributed by atoms with Gasteiger partial charge in [0.05, 0.1) is 35.9 Å². The van der Waals surface area contributed by atoms with Crippen LogP contribution in [0.25, 0.3) is 5.76 Å². The number of methoxy groups -OCH3 is 1. The molecule has 1 aliphatic rings. The van der Waals surface area contributed by atoms with Crippen LogP contribution in [0.4, 0.5) is 0 Å². The van der Waals surface area contributed by atoms with Crippen molar-refractivity contribution in [3.8, 4) is 5.75 Å². The number of amides is 1. The number of nitrogens with zero attached hydrogens (tertiary/aromatic N) is 1. The fraction of sp³-hybridized carbons (Fsp3) is 0.385. The Morgan fingerprint density at radius 3 is 2.30 bits per heavy atom. The van der Waals surface area contributed by atoms with Crippen LogP contribution in [0.5, 0.6) is 5.75 Å². The van der Waals surface area contributed by atoms with Crippen molar-refractivity contribution in [3.05, 3.63) is 69.2 Å². The maximum absolute atomic E-state index is 13.1. The highest BCUT2D eigenvalue weighted by molar-refractivity contribution is 9.10. The molecule has 3 rings (SSSR count). The number of hydrogen-bond acceptors (Lipinski definition) is 5. The normalized spacial score (nSPS) is 17.9. The van der Waals surface area contributed by atoms with Gasteiger partial charge in [-0.2, -0.15) is 0 Å². The summed E-state index contributed by atoms with van der Waals surface area (Å²) in [6.45, 7) is 8.56. The molecule has 33 heavy (non-hydrogen) atoms. The van der Waals surface area contributed by atoms with E-state index in [-0.39, 0.29) is 24.0 Å². The van der Waals surface area contributed by atoms with E-state index >= 15 is 0 Å². The van der Waals surface area contributed by atoms with Crippen LogP contribution in [0.3, 0.4) is 0 Å². The van der Waals surface area contributed by atoms with Gasteiger partial charge in [0, 0.05) is 12.1 Å². The molecule has 0 radical (unpaired) electrons. The molecule has 2 aromatic rings. The van der Waals surface area contributed by atoms with Gasteiger partial charge in [0.2, 0.25) is 0 Å². The van der Waals surface area contributed by atoms with Gasteiger partial charge in [0.15, 0.2) is 0 Å². The van der Waals surface area contributed by atoms with Gasteiger partial charge in [-0.25, -0.2) is 0 Å². The lowest BCUT2D eigenvalue weighted by Crippen LogP contribution is -2.33. The first kappa shape index (κ1) is 25.0. The standard InChI is InChI=1S/C26H30BrNO5/c1-15(2)17-6-8-18(9-7-17)23-22(24(29)19-10-11-21(32-5)20(27)14-19)25(30)26(31)28(23)12-13-33-16(3)4/h6-11,14-16,23,29H,12-13H2,1-5H3/b24-22-. The number of hydrogen-bond donors (Lipinski definition) is 1. The molecule has 1 aliphatic heterocycles. The molecular weight excluding hydrogens is 486 g/mol. The molecule has 176 valence electrons. The first-order chi connectivity index (χ1) is 15.6. The van der Waals surface area contributed by atoms with Gasteiger partial charge in [-0.1, -0.05) is 38.1 Å². The Morgan fingerprint density at radius 1 is 1.09 bits per heavy atom. The summed E-state index contributed by atoms with van der Waals surface area (Å²) in [5, 5.41) is 11.2. The van der Waals surface area contributed by atoms with Crippen molar-refractivity contribution >= 4 is 33.4 Å². The zero-order valence-electron chi connectivity index (χ0n) is 19.6. The highest BCUT2D eigenvalue weighted by atomic mass is 79.9. The fourth-order valence-electron chi connectivity index (χ4n) is 3.88.